The van der Waals surface area contributed by atoms with Crippen LogP contribution in [0.15, 0.2) is 138 Å². The number of benzene rings is 7. The van der Waals surface area contributed by atoms with Gasteiger partial charge in [-0.05, 0) is 66.3 Å². The normalized spacial score (nSPS) is 16.7. The lowest BCUT2D eigenvalue weighted by molar-refractivity contribution is 0.617. The number of fused-ring (bicyclic) bond motifs is 6. The Morgan fingerprint density at radius 1 is 0.486 bits per heavy atom. The molecule has 0 saturated heterocycles. The molecule has 1 heteroatoms. The molecule has 0 radical (unpaired) electrons. The number of para-hydroxylation sites is 1. The Bertz CT molecular complexity index is 2780. The van der Waals surface area contributed by atoms with Crippen LogP contribution < -0.4 is 0 Å². The molecule has 0 unspecified atom stereocenters. The second-order valence-corrected chi connectivity index (χ2v) is 8.76. The van der Waals surface area contributed by atoms with Gasteiger partial charge in [-0.3, -0.25) is 0 Å². The van der Waals surface area contributed by atoms with E-state index in [0.29, 0.717) is 5.56 Å². The van der Waals surface area contributed by atoms with Gasteiger partial charge in [0.2, 0.25) is 0 Å². The Morgan fingerprint density at radius 3 is 1.78 bits per heavy atom. The zero-order valence-corrected chi connectivity index (χ0v) is 19.1. The van der Waals surface area contributed by atoms with Crippen molar-refractivity contribution in [3.8, 4) is 22.3 Å². The lowest BCUT2D eigenvalue weighted by atomic mass is 9.85. The van der Waals surface area contributed by atoms with Gasteiger partial charge >= 0.3 is 0 Å². The molecule has 0 amide bonds. The molecule has 0 aliphatic carbocycles. The fraction of sp³-hybridized carbons (Fsp3) is 0. The molecule has 8 aromatic rings. The van der Waals surface area contributed by atoms with E-state index in [1.54, 1.807) is 6.07 Å². The van der Waals surface area contributed by atoms with E-state index in [1.165, 1.54) is 0 Å². The van der Waals surface area contributed by atoms with E-state index >= 15 is 0 Å². The Balaban J connectivity index is 1.71. The van der Waals surface area contributed by atoms with E-state index < -0.39 is 78.7 Å². The topological polar surface area (TPSA) is 13.1 Å². The van der Waals surface area contributed by atoms with E-state index in [4.69, 9.17) is 16.8 Å². The highest BCUT2D eigenvalue weighted by molar-refractivity contribution is 6.24. The van der Waals surface area contributed by atoms with Crippen molar-refractivity contribution in [3.63, 3.8) is 0 Å². The van der Waals surface area contributed by atoms with Crippen LogP contribution in [0.4, 0.5) is 0 Å². The monoisotopic (exact) mass is 483 g/mol. The molecule has 0 fully saturated rings. The van der Waals surface area contributed by atoms with Gasteiger partial charge in [-0.2, -0.15) is 0 Å². The molecule has 0 atom stereocenters. The molecule has 0 spiro atoms. The van der Waals surface area contributed by atoms with Gasteiger partial charge in [0.05, 0.1) is 22.7 Å². The molecule has 0 N–H and O–H groups in total. The second-order valence-electron chi connectivity index (χ2n) is 8.76. The highest BCUT2D eigenvalue weighted by atomic mass is 16.3. The summed E-state index contributed by atoms with van der Waals surface area (Å²) < 4.78 is 120. The average Bonchev–Trinajstić information content (AvgIpc) is 3.47. The van der Waals surface area contributed by atoms with Crippen LogP contribution in [0.1, 0.15) is 17.8 Å². The molecule has 8 rings (SSSR count). The quantitative estimate of drug-likeness (QED) is 0.176. The minimum absolute atomic E-state index is 0.0855. The zero-order chi connectivity index (χ0) is 35.7. The summed E-state index contributed by atoms with van der Waals surface area (Å²) in [7, 11) is 0. The van der Waals surface area contributed by atoms with Crippen molar-refractivity contribution >= 4 is 54.1 Å². The molecule has 0 aliphatic rings. The van der Waals surface area contributed by atoms with Crippen LogP contribution in [0.25, 0.3) is 76.3 Å². The number of hydrogen-bond acceptors (Lipinski definition) is 1. The van der Waals surface area contributed by atoms with Crippen LogP contribution in [0.3, 0.4) is 0 Å². The lowest BCUT2D eigenvalue weighted by Crippen LogP contribution is -1.90. The third-order valence-corrected chi connectivity index (χ3v) is 6.82. The van der Waals surface area contributed by atoms with Crippen LogP contribution in [0.5, 0.6) is 0 Å². The van der Waals surface area contributed by atoms with Crippen molar-refractivity contribution in [2.45, 2.75) is 0 Å². The predicted octanol–water partition coefficient (Wildman–Crippen LogP) is 10.4. The summed E-state index contributed by atoms with van der Waals surface area (Å²) in [6, 6.07) is 10.0. The first-order valence-electron chi connectivity index (χ1n) is 18.1. The summed E-state index contributed by atoms with van der Waals surface area (Å²) in [6.45, 7) is 0. The highest BCUT2D eigenvalue weighted by Gasteiger charge is 2.19. The summed E-state index contributed by atoms with van der Waals surface area (Å²) in [5.74, 6) is 0. The number of furan rings is 1. The van der Waals surface area contributed by atoms with E-state index in [0.717, 1.165) is 21.5 Å². The van der Waals surface area contributed by atoms with Gasteiger partial charge in [-0.15, -0.1) is 0 Å². The first-order valence-corrected chi connectivity index (χ1v) is 11.6. The van der Waals surface area contributed by atoms with Gasteiger partial charge in [0.1, 0.15) is 6.95 Å². The van der Waals surface area contributed by atoms with Crippen molar-refractivity contribution in [2.75, 3.05) is 0 Å². The molecule has 7 aromatic carbocycles. The van der Waals surface area contributed by atoms with E-state index in [-0.39, 0.29) is 49.2 Å². The minimum atomic E-state index is -0.667. The van der Waals surface area contributed by atoms with Crippen LogP contribution in [-0.4, -0.2) is 0 Å². The first kappa shape index (κ1) is 11.5. The molecule has 1 nitrogen and oxygen atoms in total. The summed E-state index contributed by atoms with van der Waals surface area (Å²) in [5, 5.41) is 2.72. The molecule has 0 aliphatic heterocycles. The number of rotatable bonds is 2. The highest BCUT2D eigenvalue weighted by Crippen LogP contribution is 2.46. The Kier molecular flexibility index (Phi) is 2.42. The fourth-order valence-electron chi connectivity index (χ4n) is 5.20. The summed E-state index contributed by atoms with van der Waals surface area (Å²) in [6.07, 6.45) is -0.667. The maximum Gasteiger partial charge on any atom is 0.134 e. The van der Waals surface area contributed by atoms with Crippen LogP contribution in [0.2, 0.25) is 0 Å². The largest absolute Gasteiger partial charge is 0.464 e. The van der Waals surface area contributed by atoms with Crippen molar-refractivity contribution in [3.05, 3.63) is 133 Å². The molecule has 1 aromatic heterocycles. The van der Waals surface area contributed by atoms with Crippen LogP contribution in [-0.2, 0) is 0 Å². The van der Waals surface area contributed by atoms with Gasteiger partial charge in [-0.1, -0.05) is 115 Å². The molecule has 1 heterocycles. The van der Waals surface area contributed by atoms with Gasteiger partial charge < -0.3 is 4.42 Å². The first-order chi connectivity index (χ1) is 23.8. The Labute approximate surface area is 232 Å². The van der Waals surface area contributed by atoms with Crippen molar-refractivity contribution in [1.29, 1.82) is 0 Å². The minimum Gasteiger partial charge on any atom is -0.464 e. The zero-order valence-electron chi connectivity index (χ0n) is 32.1. The lowest BCUT2D eigenvalue weighted by Gasteiger charge is -2.17. The second kappa shape index (κ2) is 7.81. The molecule has 37 heavy (non-hydrogen) atoms. The average molecular weight is 484 g/mol. The molecule has 0 saturated carbocycles. The predicted molar refractivity (Wildman–Crippen MR) is 157 cm³/mol. The third kappa shape index (κ3) is 2.98. The summed E-state index contributed by atoms with van der Waals surface area (Å²) in [5.41, 5.74) is -0.348. The Hall–Kier alpha value is -4.88. The van der Waals surface area contributed by atoms with Gasteiger partial charge in [0.25, 0.3) is 0 Å². The van der Waals surface area contributed by atoms with Gasteiger partial charge in [0, 0.05) is 16.5 Å². The maximum absolute atomic E-state index is 9.21. The van der Waals surface area contributed by atoms with E-state index in [2.05, 4.69) is 0 Å². The molecule has 172 valence electrons. The maximum atomic E-state index is 9.21. The fourth-order valence-corrected chi connectivity index (χ4v) is 5.20. The van der Waals surface area contributed by atoms with E-state index in [1.807, 2.05) is 48.5 Å². The van der Waals surface area contributed by atoms with E-state index in [9.17, 15) is 5.48 Å². The SMILES string of the molecule is [2H]c1oc2c([2H])c([2H])c([2H])c([2H])c2c1-c1c2c([2H])c([2H])c([2H])c([2H])c2c(-c2ccc3ccc4ccccc4c3c2)c2c([2H])c([2H])c([2H])c([2H])c12. The van der Waals surface area contributed by atoms with Crippen molar-refractivity contribution < 1.29 is 22.2 Å². The third-order valence-electron chi connectivity index (χ3n) is 6.82. The van der Waals surface area contributed by atoms with Gasteiger partial charge in [0.15, 0.2) is 0 Å². The smallest absolute Gasteiger partial charge is 0.134 e. The summed E-state index contributed by atoms with van der Waals surface area (Å²) >= 11 is 0. The summed E-state index contributed by atoms with van der Waals surface area (Å²) in [4.78, 5) is 0. The van der Waals surface area contributed by atoms with Crippen molar-refractivity contribution in [2.24, 2.45) is 0 Å². The molecular formula is C36H22O. The number of hydrogen-bond donors (Lipinski definition) is 0. The standard InChI is InChI=1S/C36H22O/c1-2-10-26-23(9-1)17-18-24-19-20-25(21-32(24)26)35-28-12-3-5-14-30(28)36(31-15-6-4-13-29(31)35)33-22-37-34-16-8-7-11-27(33)34/h1-22H/i3D,4D,5D,6D,7D,8D,11D,12D,13D,14D,15D,16D,22D. The van der Waals surface area contributed by atoms with Crippen molar-refractivity contribution in [1.82, 2.24) is 0 Å². The Morgan fingerprint density at radius 2 is 1.05 bits per heavy atom. The van der Waals surface area contributed by atoms with Gasteiger partial charge in [-0.25, -0.2) is 0 Å². The van der Waals surface area contributed by atoms with Crippen LogP contribution >= 0.6 is 0 Å². The molecular weight excluding hydrogens is 448 g/mol. The van der Waals surface area contributed by atoms with Crippen LogP contribution in [0, 0.1) is 0 Å². The molecule has 0 bridgehead atoms.